The Morgan fingerprint density at radius 2 is 2.23 bits per heavy atom. The summed E-state index contributed by atoms with van der Waals surface area (Å²) >= 11 is 3.45. The normalized spacial score (nSPS) is 12.9. The fourth-order valence-corrected chi connectivity index (χ4v) is 1.63. The van der Waals surface area contributed by atoms with E-state index in [-0.39, 0.29) is 12.6 Å². The van der Waals surface area contributed by atoms with Crippen LogP contribution in [0.5, 0.6) is 0 Å². The van der Waals surface area contributed by atoms with Crippen molar-refractivity contribution in [3.8, 4) is 0 Å². The first-order valence-corrected chi connectivity index (χ1v) is 5.05. The Kier molecular flexibility index (Phi) is 3.90. The predicted octanol–water partition coefficient (Wildman–Crippen LogP) is 1.62. The van der Waals surface area contributed by atoms with Crippen LogP contribution in [-0.2, 0) is 6.42 Å². The van der Waals surface area contributed by atoms with Crippen molar-refractivity contribution in [3.63, 3.8) is 0 Å². The number of benzene rings is 1. The van der Waals surface area contributed by atoms with Gasteiger partial charge in [0.05, 0.1) is 6.61 Å². The Bertz CT molecular complexity index is 288. The Morgan fingerprint density at radius 1 is 1.54 bits per heavy atom. The van der Waals surface area contributed by atoms with Gasteiger partial charge in [-0.1, -0.05) is 28.1 Å². The smallest absolute Gasteiger partial charge is 0.0585 e. The molecule has 0 unspecified atom stereocenters. The molecule has 0 aromatic heterocycles. The van der Waals surface area contributed by atoms with Crippen LogP contribution in [0.4, 0.5) is 0 Å². The van der Waals surface area contributed by atoms with Crippen molar-refractivity contribution in [1.82, 2.24) is 0 Å². The van der Waals surface area contributed by atoms with Crippen LogP contribution in [0.1, 0.15) is 11.1 Å². The molecule has 0 aliphatic rings. The van der Waals surface area contributed by atoms with Gasteiger partial charge in [-0.25, -0.2) is 0 Å². The van der Waals surface area contributed by atoms with Gasteiger partial charge in [-0.3, -0.25) is 0 Å². The lowest BCUT2D eigenvalue weighted by molar-refractivity contribution is 0.265. The zero-order valence-corrected chi connectivity index (χ0v) is 9.21. The summed E-state index contributed by atoms with van der Waals surface area (Å²) in [6, 6.07) is 5.86. The highest BCUT2D eigenvalue weighted by Gasteiger charge is 2.06. The van der Waals surface area contributed by atoms with Crippen molar-refractivity contribution in [2.24, 2.45) is 5.73 Å². The maximum absolute atomic E-state index is 8.82. The monoisotopic (exact) mass is 243 g/mol. The molecule has 0 fully saturated rings. The van der Waals surface area contributed by atoms with Crippen LogP contribution in [0.2, 0.25) is 0 Å². The lowest BCUT2D eigenvalue weighted by Gasteiger charge is -2.11. The van der Waals surface area contributed by atoms with Crippen LogP contribution in [-0.4, -0.2) is 17.8 Å². The molecule has 0 heterocycles. The van der Waals surface area contributed by atoms with Crippen molar-refractivity contribution < 1.29 is 5.11 Å². The average Bonchev–Trinajstić information content (AvgIpc) is 2.13. The van der Waals surface area contributed by atoms with E-state index in [0.717, 1.165) is 10.9 Å². The summed E-state index contributed by atoms with van der Waals surface area (Å²) in [6.07, 6.45) is 0.724. The van der Waals surface area contributed by atoms with E-state index in [2.05, 4.69) is 15.9 Å². The third-order valence-electron chi connectivity index (χ3n) is 2.10. The van der Waals surface area contributed by atoms with Crippen LogP contribution >= 0.6 is 15.9 Å². The molecule has 0 aliphatic carbocycles. The quantitative estimate of drug-likeness (QED) is 0.848. The molecular weight excluding hydrogens is 230 g/mol. The molecule has 1 aromatic rings. The maximum Gasteiger partial charge on any atom is 0.0585 e. The number of aliphatic hydroxyl groups is 1. The fraction of sp³-hybridized carbons (Fsp3) is 0.400. The second-order valence-corrected chi connectivity index (χ2v) is 4.03. The third-order valence-corrected chi connectivity index (χ3v) is 2.96. The average molecular weight is 244 g/mol. The van der Waals surface area contributed by atoms with Gasteiger partial charge in [0.15, 0.2) is 0 Å². The van der Waals surface area contributed by atoms with Crippen LogP contribution in [0.3, 0.4) is 0 Å². The number of hydrogen-bond acceptors (Lipinski definition) is 2. The molecule has 0 aliphatic heterocycles. The zero-order chi connectivity index (χ0) is 9.84. The third kappa shape index (κ3) is 2.79. The Morgan fingerprint density at radius 3 is 2.85 bits per heavy atom. The van der Waals surface area contributed by atoms with Crippen molar-refractivity contribution in [2.75, 3.05) is 6.61 Å². The molecule has 1 atom stereocenters. The van der Waals surface area contributed by atoms with Gasteiger partial charge >= 0.3 is 0 Å². The molecule has 0 radical (unpaired) electrons. The van der Waals surface area contributed by atoms with Crippen molar-refractivity contribution in [3.05, 3.63) is 33.8 Å². The van der Waals surface area contributed by atoms with Crippen molar-refractivity contribution >= 4 is 15.9 Å². The van der Waals surface area contributed by atoms with Gasteiger partial charge in [-0.2, -0.15) is 0 Å². The molecule has 0 saturated heterocycles. The van der Waals surface area contributed by atoms with E-state index < -0.39 is 0 Å². The molecule has 72 valence electrons. The Balaban J connectivity index is 2.83. The number of aliphatic hydroxyl groups excluding tert-OH is 1. The number of nitrogens with two attached hydrogens (primary N) is 1. The zero-order valence-electron chi connectivity index (χ0n) is 7.63. The van der Waals surface area contributed by atoms with E-state index in [4.69, 9.17) is 10.8 Å². The maximum atomic E-state index is 8.82. The van der Waals surface area contributed by atoms with Gasteiger partial charge in [0.2, 0.25) is 0 Å². The second kappa shape index (κ2) is 4.74. The van der Waals surface area contributed by atoms with Crippen LogP contribution in [0.25, 0.3) is 0 Å². The molecule has 2 nitrogen and oxygen atoms in total. The summed E-state index contributed by atoms with van der Waals surface area (Å²) in [6.45, 7) is 2.08. The van der Waals surface area contributed by atoms with E-state index in [1.54, 1.807) is 0 Å². The lowest BCUT2D eigenvalue weighted by atomic mass is 10.0. The summed E-state index contributed by atoms with van der Waals surface area (Å²) < 4.78 is 1.09. The first kappa shape index (κ1) is 10.7. The first-order chi connectivity index (χ1) is 6.15. The number of hydrogen-bond donors (Lipinski definition) is 2. The molecule has 0 amide bonds. The molecule has 13 heavy (non-hydrogen) atoms. The largest absolute Gasteiger partial charge is 0.395 e. The van der Waals surface area contributed by atoms with E-state index >= 15 is 0 Å². The van der Waals surface area contributed by atoms with Crippen LogP contribution < -0.4 is 5.73 Å². The minimum atomic E-state index is -0.159. The summed E-state index contributed by atoms with van der Waals surface area (Å²) in [5.41, 5.74) is 8.05. The minimum absolute atomic E-state index is 0.0337. The molecular formula is C10H14BrNO. The van der Waals surface area contributed by atoms with Crippen molar-refractivity contribution in [2.45, 2.75) is 19.4 Å². The molecule has 1 aromatic carbocycles. The molecule has 3 N–H and O–H groups in total. The van der Waals surface area contributed by atoms with Crippen LogP contribution in [0, 0.1) is 6.92 Å². The lowest BCUT2D eigenvalue weighted by Crippen LogP contribution is -2.27. The minimum Gasteiger partial charge on any atom is -0.395 e. The topological polar surface area (TPSA) is 46.2 Å². The fourth-order valence-electron chi connectivity index (χ4n) is 1.22. The van der Waals surface area contributed by atoms with E-state index in [0.29, 0.717) is 0 Å². The van der Waals surface area contributed by atoms with Gasteiger partial charge < -0.3 is 10.8 Å². The molecule has 3 heteroatoms. The molecule has 1 rings (SSSR count). The highest BCUT2D eigenvalue weighted by molar-refractivity contribution is 9.10. The standard InChI is InChI=1S/C10H14BrNO/c1-7-8(5-9(12)6-13)3-2-4-10(7)11/h2-4,9,13H,5-6,12H2,1H3/t9-/m0/s1. The second-order valence-electron chi connectivity index (χ2n) is 3.17. The highest BCUT2D eigenvalue weighted by Crippen LogP contribution is 2.20. The predicted molar refractivity (Wildman–Crippen MR) is 57.6 cm³/mol. The highest BCUT2D eigenvalue weighted by atomic mass is 79.9. The summed E-state index contributed by atoms with van der Waals surface area (Å²) in [7, 11) is 0. The van der Waals surface area contributed by atoms with Gasteiger partial charge in [-0.15, -0.1) is 0 Å². The molecule has 0 spiro atoms. The van der Waals surface area contributed by atoms with Crippen LogP contribution in [0.15, 0.2) is 22.7 Å². The van der Waals surface area contributed by atoms with E-state index in [1.165, 1.54) is 11.1 Å². The van der Waals surface area contributed by atoms with E-state index in [9.17, 15) is 0 Å². The molecule has 0 saturated carbocycles. The number of halogens is 1. The molecule has 0 bridgehead atoms. The van der Waals surface area contributed by atoms with Gasteiger partial charge in [-0.05, 0) is 30.5 Å². The van der Waals surface area contributed by atoms with Crippen molar-refractivity contribution in [1.29, 1.82) is 0 Å². The van der Waals surface area contributed by atoms with Gasteiger partial charge in [0, 0.05) is 10.5 Å². The van der Waals surface area contributed by atoms with E-state index in [1.807, 2.05) is 25.1 Å². The number of rotatable bonds is 3. The SMILES string of the molecule is Cc1c(Br)cccc1C[C@H](N)CO. The Hall–Kier alpha value is -0.380. The Labute approximate surface area is 86.9 Å². The summed E-state index contributed by atoms with van der Waals surface area (Å²) in [5, 5.41) is 8.82. The summed E-state index contributed by atoms with van der Waals surface area (Å²) in [4.78, 5) is 0. The van der Waals surface area contributed by atoms with Gasteiger partial charge in [0.25, 0.3) is 0 Å². The summed E-state index contributed by atoms with van der Waals surface area (Å²) in [5.74, 6) is 0. The first-order valence-electron chi connectivity index (χ1n) is 4.25. The van der Waals surface area contributed by atoms with Gasteiger partial charge in [0.1, 0.15) is 0 Å².